The monoisotopic (exact) mass is 308 g/mol. The molecule has 1 aromatic heterocycles. The fraction of sp³-hybridized carbons (Fsp3) is 0.750. The Morgan fingerprint density at radius 2 is 2.05 bits per heavy atom. The molecule has 0 aromatic carbocycles. The van der Waals surface area contributed by atoms with Crippen molar-refractivity contribution in [3.63, 3.8) is 0 Å². The maximum absolute atomic E-state index is 12.3. The number of nitrogens with zero attached hydrogens (tertiary/aromatic N) is 2. The molecule has 1 atom stereocenters. The molecule has 3 rings (SSSR count). The van der Waals surface area contributed by atoms with Crippen molar-refractivity contribution in [3.8, 4) is 0 Å². The molecule has 0 amide bonds. The number of carbonyl (C=O) groups excluding carboxylic acids is 1. The third-order valence-corrected chi connectivity index (χ3v) is 5.85. The fourth-order valence-corrected chi connectivity index (χ4v) is 4.42. The Labute approximate surface area is 130 Å². The van der Waals surface area contributed by atoms with Crippen molar-refractivity contribution in [2.24, 2.45) is 5.41 Å². The second-order valence-corrected chi connectivity index (χ2v) is 8.37. The normalized spacial score (nSPS) is 28.6. The van der Waals surface area contributed by atoms with Gasteiger partial charge in [0.05, 0.1) is 16.2 Å². The van der Waals surface area contributed by atoms with Gasteiger partial charge in [0.15, 0.2) is 10.9 Å². The number of hydrogen-bond acceptors (Lipinski definition) is 5. The van der Waals surface area contributed by atoms with E-state index in [4.69, 9.17) is 9.72 Å². The summed E-state index contributed by atoms with van der Waals surface area (Å²) in [7, 11) is 1.78. The van der Waals surface area contributed by atoms with Gasteiger partial charge in [0.1, 0.15) is 0 Å². The lowest BCUT2D eigenvalue weighted by Gasteiger charge is -2.39. The van der Waals surface area contributed by atoms with Crippen molar-refractivity contribution < 1.29 is 9.53 Å². The van der Waals surface area contributed by atoms with Crippen LogP contribution in [0.15, 0.2) is 0 Å². The molecule has 2 heterocycles. The number of anilines is 1. The molecule has 4 nitrogen and oxygen atoms in total. The minimum atomic E-state index is -0.103. The SMILES string of the molecule is COC1(C)CCCN(c2nc3c(s2)C(=O)CC(C)(C)C3)C1. The van der Waals surface area contributed by atoms with Gasteiger partial charge in [0, 0.05) is 26.6 Å². The molecule has 0 radical (unpaired) electrons. The highest BCUT2D eigenvalue weighted by molar-refractivity contribution is 7.17. The van der Waals surface area contributed by atoms with Crippen LogP contribution >= 0.6 is 11.3 Å². The molecule has 2 aliphatic rings. The van der Waals surface area contributed by atoms with E-state index in [1.807, 2.05) is 0 Å². The van der Waals surface area contributed by atoms with Crippen LogP contribution in [0.3, 0.4) is 0 Å². The number of methoxy groups -OCH3 is 1. The van der Waals surface area contributed by atoms with Gasteiger partial charge in [-0.05, 0) is 31.6 Å². The number of carbonyl (C=O) groups is 1. The third kappa shape index (κ3) is 2.86. The van der Waals surface area contributed by atoms with Crippen molar-refractivity contribution in [1.82, 2.24) is 4.98 Å². The topological polar surface area (TPSA) is 42.4 Å². The molecular formula is C16H24N2O2S. The highest BCUT2D eigenvalue weighted by atomic mass is 32.1. The van der Waals surface area contributed by atoms with Crippen LogP contribution in [-0.2, 0) is 11.2 Å². The van der Waals surface area contributed by atoms with Crippen molar-refractivity contribution in [1.29, 1.82) is 0 Å². The zero-order chi connectivity index (χ0) is 15.3. The molecule has 1 aliphatic heterocycles. The first-order chi connectivity index (χ1) is 9.82. The molecule has 1 aliphatic carbocycles. The largest absolute Gasteiger partial charge is 0.377 e. The molecule has 1 fully saturated rings. The second-order valence-electron chi connectivity index (χ2n) is 7.39. The van der Waals surface area contributed by atoms with Gasteiger partial charge < -0.3 is 9.64 Å². The highest BCUT2D eigenvalue weighted by Gasteiger charge is 2.36. The van der Waals surface area contributed by atoms with Gasteiger partial charge in [0.25, 0.3) is 0 Å². The molecule has 1 saturated heterocycles. The Kier molecular flexibility index (Phi) is 3.61. The minimum Gasteiger partial charge on any atom is -0.377 e. The molecule has 21 heavy (non-hydrogen) atoms. The smallest absolute Gasteiger partial charge is 0.186 e. The maximum atomic E-state index is 12.3. The van der Waals surface area contributed by atoms with Crippen LogP contribution in [0.5, 0.6) is 0 Å². The van der Waals surface area contributed by atoms with E-state index in [9.17, 15) is 4.79 Å². The third-order valence-electron chi connectivity index (χ3n) is 4.65. The Morgan fingerprint density at radius 3 is 2.76 bits per heavy atom. The Hall–Kier alpha value is -0.940. The Bertz CT molecular complexity index is 567. The average molecular weight is 308 g/mol. The molecule has 116 valence electrons. The lowest BCUT2D eigenvalue weighted by atomic mass is 9.78. The van der Waals surface area contributed by atoms with E-state index in [2.05, 4.69) is 25.7 Å². The van der Waals surface area contributed by atoms with E-state index in [1.54, 1.807) is 18.4 Å². The summed E-state index contributed by atoms with van der Waals surface area (Å²) in [5, 5.41) is 0.994. The van der Waals surface area contributed by atoms with E-state index >= 15 is 0 Å². The molecule has 1 unspecified atom stereocenters. The van der Waals surface area contributed by atoms with E-state index in [-0.39, 0.29) is 16.8 Å². The first kappa shape index (κ1) is 15.0. The summed E-state index contributed by atoms with van der Waals surface area (Å²) in [6.07, 6.45) is 3.72. The standard InChI is InChI=1S/C16H24N2O2S/c1-15(2)8-11-13(12(19)9-15)21-14(17-11)18-7-5-6-16(3,10-18)20-4/h5-10H2,1-4H3. The lowest BCUT2D eigenvalue weighted by Crippen LogP contribution is -2.47. The van der Waals surface area contributed by atoms with Crippen LogP contribution in [0.2, 0.25) is 0 Å². The number of aromatic nitrogens is 1. The molecule has 0 saturated carbocycles. The predicted octanol–water partition coefficient (Wildman–Crippen LogP) is 3.30. The van der Waals surface area contributed by atoms with Gasteiger partial charge in [-0.15, -0.1) is 0 Å². The summed E-state index contributed by atoms with van der Waals surface area (Å²) in [6, 6.07) is 0. The zero-order valence-electron chi connectivity index (χ0n) is 13.4. The second kappa shape index (κ2) is 5.06. The quantitative estimate of drug-likeness (QED) is 0.840. The molecular weight excluding hydrogens is 284 g/mol. The summed E-state index contributed by atoms with van der Waals surface area (Å²) in [5.74, 6) is 0.261. The van der Waals surface area contributed by atoms with Crippen molar-refractivity contribution in [2.45, 2.75) is 52.1 Å². The summed E-state index contributed by atoms with van der Waals surface area (Å²) in [6.45, 7) is 8.31. The number of ketones is 1. The van der Waals surface area contributed by atoms with E-state index in [0.29, 0.717) is 6.42 Å². The molecule has 0 N–H and O–H groups in total. The lowest BCUT2D eigenvalue weighted by molar-refractivity contribution is -0.00467. The number of piperidine rings is 1. The first-order valence-electron chi connectivity index (χ1n) is 7.65. The number of hydrogen-bond donors (Lipinski definition) is 0. The van der Waals surface area contributed by atoms with Crippen LogP contribution < -0.4 is 4.90 Å². The zero-order valence-corrected chi connectivity index (χ0v) is 14.2. The van der Waals surface area contributed by atoms with Crippen LogP contribution in [0, 0.1) is 5.41 Å². The molecule has 0 spiro atoms. The van der Waals surface area contributed by atoms with E-state index in [0.717, 1.165) is 48.1 Å². The van der Waals surface area contributed by atoms with Crippen LogP contribution in [0.4, 0.5) is 5.13 Å². The fourth-order valence-electron chi connectivity index (χ4n) is 3.38. The van der Waals surface area contributed by atoms with Gasteiger partial charge in [-0.25, -0.2) is 4.98 Å². The van der Waals surface area contributed by atoms with Crippen LogP contribution in [0.25, 0.3) is 0 Å². The number of rotatable bonds is 2. The number of ether oxygens (including phenoxy) is 1. The molecule has 5 heteroatoms. The minimum absolute atomic E-state index is 0.0400. The van der Waals surface area contributed by atoms with E-state index in [1.165, 1.54) is 0 Å². The van der Waals surface area contributed by atoms with Gasteiger partial charge >= 0.3 is 0 Å². The Morgan fingerprint density at radius 1 is 1.29 bits per heavy atom. The summed E-state index contributed by atoms with van der Waals surface area (Å²) < 4.78 is 5.65. The van der Waals surface area contributed by atoms with Crippen LogP contribution in [0.1, 0.15) is 55.4 Å². The van der Waals surface area contributed by atoms with Crippen molar-refractivity contribution in [2.75, 3.05) is 25.1 Å². The van der Waals surface area contributed by atoms with Crippen LogP contribution in [-0.4, -0.2) is 36.6 Å². The number of fused-ring (bicyclic) bond motifs is 1. The Balaban J connectivity index is 1.87. The summed E-state index contributed by atoms with van der Waals surface area (Å²) in [4.78, 5) is 20.3. The maximum Gasteiger partial charge on any atom is 0.186 e. The van der Waals surface area contributed by atoms with Crippen molar-refractivity contribution in [3.05, 3.63) is 10.6 Å². The van der Waals surface area contributed by atoms with Crippen molar-refractivity contribution >= 4 is 22.3 Å². The first-order valence-corrected chi connectivity index (χ1v) is 8.47. The number of thiazole rings is 1. The average Bonchev–Trinajstić information content (AvgIpc) is 2.81. The predicted molar refractivity (Wildman–Crippen MR) is 85.4 cm³/mol. The van der Waals surface area contributed by atoms with Gasteiger partial charge in [-0.1, -0.05) is 25.2 Å². The van der Waals surface area contributed by atoms with E-state index < -0.39 is 0 Å². The number of Topliss-reactive ketones (excluding diaryl/α,β-unsaturated/α-hetero) is 1. The molecule has 0 bridgehead atoms. The van der Waals surface area contributed by atoms with Gasteiger partial charge in [-0.2, -0.15) is 0 Å². The molecule has 1 aromatic rings. The van der Waals surface area contributed by atoms with Gasteiger partial charge in [-0.3, -0.25) is 4.79 Å². The summed E-state index contributed by atoms with van der Waals surface area (Å²) >= 11 is 1.57. The van der Waals surface area contributed by atoms with Gasteiger partial charge in [0.2, 0.25) is 0 Å². The summed E-state index contributed by atoms with van der Waals surface area (Å²) in [5.41, 5.74) is 0.937. The highest BCUT2D eigenvalue weighted by Crippen LogP contribution is 2.40.